The maximum Gasteiger partial charge on any atom is 0.410 e. The van der Waals surface area contributed by atoms with Crippen molar-refractivity contribution in [3.63, 3.8) is 0 Å². The Labute approximate surface area is 166 Å². The van der Waals surface area contributed by atoms with Crippen molar-refractivity contribution < 1.29 is 19.4 Å². The molecule has 0 fully saturated rings. The second-order valence-corrected chi connectivity index (χ2v) is 7.34. The lowest BCUT2D eigenvalue weighted by atomic mass is 10.0. The highest BCUT2D eigenvalue weighted by Crippen LogP contribution is 2.36. The molecule has 2 amide bonds. The monoisotopic (exact) mass is 400 g/mol. The first-order valence-corrected chi connectivity index (χ1v) is 9.70. The molecule has 0 radical (unpaired) electrons. The molecule has 2 N–H and O–H groups in total. The number of aromatic nitrogens is 1. The zero-order valence-electron chi connectivity index (χ0n) is 15.2. The van der Waals surface area contributed by atoms with Crippen molar-refractivity contribution in [1.82, 2.24) is 9.88 Å². The van der Waals surface area contributed by atoms with Crippen LogP contribution in [0.15, 0.2) is 24.5 Å². The topological polar surface area (TPSA) is 116 Å². The van der Waals surface area contributed by atoms with Crippen LogP contribution in [0.2, 0.25) is 0 Å². The molecular weight excluding hydrogens is 380 g/mol. The molecule has 2 aromatic heterocycles. The van der Waals surface area contributed by atoms with Gasteiger partial charge in [-0.25, -0.2) is 4.79 Å². The zero-order chi connectivity index (χ0) is 19.9. The van der Waals surface area contributed by atoms with Crippen molar-refractivity contribution in [2.75, 3.05) is 25.1 Å². The van der Waals surface area contributed by atoms with Gasteiger partial charge in [-0.05, 0) is 30.0 Å². The van der Waals surface area contributed by atoms with Crippen LogP contribution in [-0.2, 0) is 28.9 Å². The molecule has 146 valence electrons. The second-order valence-electron chi connectivity index (χ2n) is 6.24. The number of carbonyl (C=O) groups is 2. The van der Waals surface area contributed by atoms with E-state index >= 15 is 0 Å². The molecule has 0 spiro atoms. The molecule has 1 aliphatic rings. The molecule has 1 aliphatic heterocycles. The van der Waals surface area contributed by atoms with Crippen molar-refractivity contribution in [1.29, 1.82) is 5.26 Å². The second kappa shape index (κ2) is 9.30. The number of nitriles is 1. The number of anilines is 1. The van der Waals surface area contributed by atoms with E-state index in [-0.39, 0.29) is 19.1 Å². The Kier molecular flexibility index (Phi) is 6.57. The number of aryl methyl sites for hydroxylation is 1. The minimum absolute atomic E-state index is 0.0473. The molecule has 0 aliphatic carbocycles. The maximum absolute atomic E-state index is 12.3. The lowest BCUT2D eigenvalue weighted by Crippen LogP contribution is -2.36. The number of hydrogen-bond acceptors (Lipinski definition) is 7. The van der Waals surface area contributed by atoms with Gasteiger partial charge in [0.2, 0.25) is 5.91 Å². The smallest absolute Gasteiger partial charge is 0.410 e. The van der Waals surface area contributed by atoms with E-state index in [1.807, 2.05) is 12.1 Å². The molecule has 8 nitrogen and oxygen atoms in total. The van der Waals surface area contributed by atoms with E-state index in [2.05, 4.69) is 16.4 Å². The summed E-state index contributed by atoms with van der Waals surface area (Å²) in [4.78, 5) is 30.7. The maximum atomic E-state index is 12.3. The molecule has 9 heteroatoms. The average molecular weight is 400 g/mol. The summed E-state index contributed by atoms with van der Waals surface area (Å²) in [6, 6.07) is 5.92. The Morgan fingerprint density at radius 2 is 2.32 bits per heavy atom. The van der Waals surface area contributed by atoms with E-state index in [1.165, 1.54) is 16.2 Å². The van der Waals surface area contributed by atoms with Crippen molar-refractivity contribution in [3.05, 3.63) is 46.1 Å². The highest BCUT2D eigenvalue weighted by atomic mass is 32.1. The summed E-state index contributed by atoms with van der Waals surface area (Å²) in [5, 5.41) is 21.7. The SMILES string of the molecule is N#Cc1c(NC(=O)CCc2cccnc2)sc2c1CCN(C(=O)OCCO)C2. The minimum Gasteiger partial charge on any atom is -0.447 e. The van der Waals surface area contributed by atoms with Crippen LogP contribution in [-0.4, -0.2) is 46.7 Å². The molecular formula is C19H20N4O4S. The standard InChI is InChI=1S/C19H20N4O4S/c20-10-15-14-5-7-23(19(26)27-9-8-24)12-16(14)28-18(15)22-17(25)4-3-13-2-1-6-21-11-13/h1-2,6,11,24H,3-5,7-9,12H2,(H,22,25). The van der Waals surface area contributed by atoms with Gasteiger partial charge in [0, 0.05) is 30.2 Å². The van der Waals surface area contributed by atoms with Gasteiger partial charge in [0.05, 0.1) is 18.7 Å². The van der Waals surface area contributed by atoms with Gasteiger partial charge in [0.25, 0.3) is 0 Å². The predicted octanol–water partition coefficient (Wildman–Crippen LogP) is 2.07. The van der Waals surface area contributed by atoms with E-state index in [0.29, 0.717) is 42.9 Å². The summed E-state index contributed by atoms with van der Waals surface area (Å²) < 4.78 is 4.95. The zero-order valence-corrected chi connectivity index (χ0v) is 16.0. The number of rotatable bonds is 6. The van der Waals surface area contributed by atoms with Crippen molar-refractivity contribution in [2.24, 2.45) is 0 Å². The van der Waals surface area contributed by atoms with Crippen LogP contribution in [0.5, 0.6) is 0 Å². The number of ether oxygens (including phenoxy) is 1. The first-order chi connectivity index (χ1) is 13.6. The molecule has 28 heavy (non-hydrogen) atoms. The number of nitrogens with one attached hydrogen (secondary N) is 1. The summed E-state index contributed by atoms with van der Waals surface area (Å²) >= 11 is 1.32. The van der Waals surface area contributed by atoms with E-state index < -0.39 is 6.09 Å². The first kappa shape index (κ1) is 19.8. The fourth-order valence-electron chi connectivity index (χ4n) is 2.98. The van der Waals surface area contributed by atoms with Crippen molar-refractivity contribution >= 4 is 28.3 Å². The van der Waals surface area contributed by atoms with Gasteiger partial charge in [-0.3, -0.25) is 9.78 Å². The summed E-state index contributed by atoms with van der Waals surface area (Å²) in [5.41, 5.74) is 2.32. The Bertz CT molecular complexity index is 891. The number of hydrogen-bond donors (Lipinski definition) is 2. The van der Waals surface area contributed by atoms with Crippen LogP contribution in [0.4, 0.5) is 9.80 Å². The van der Waals surface area contributed by atoms with Crippen LogP contribution in [0.3, 0.4) is 0 Å². The summed E-state index contributed by atoms with van der Waals surface area (Å²) in [5.74, 6) is -0.168. The Balaban J connectivity index is 1.65. The molecule has 0 saturated carbocycles. The number of pyridine rings is 1. The summed E-state index contributed by atoms with van der Waals surface area (Å²) in [6.07, 6.45) is 4.29. The summed E-state index contributed by atoms with van der Waals surface area (Å²) in [6.45, 7) is 0.480. The van der Waals surface area contributed by atoms with Gasteiger partial charge in [-0.15, -0.1) is 11.3 Å². The molecule has 0 unspecified atom stereocenters. The highest BCUT2D eigenvalue weighted by Gasteiger charge is 2.28. The fraction of sp³-hybridized carbons (Fsp3) is 0.368. The fourth-order valence-corrected chi connectivity index (χ4v) is 4.21. The molecule has 0 saturated heterocycles. The van der Waals surface area contributed by atoms with Gasteiger partial charge in [-0.1, -0.05) is 6.07 Å². The van der Waals surface area contributed by atoms with Gasteiger partial charge < -0.3 is 20.1 Å². The Morgan fingerprint density at radius 3 is 3.04 bits per heavy atom. The van der Waals surface area contributed by atoms with Crippen LogP contribution in [0.1, 0.15) is 28.0 Å². The van der Waals surface area contributed by atoms with Crippen molar-refractivity contribution in [3.8, 4) is 6.07 Å². The van der Waals surface area contributed by atoms with Gasteiger partial charge in [0.1, 0.15) is 17.7 Å². The number of fused-ring (bicyclic) bond motifs is 1. The predicted molar refractivity (Wildman–Crippen MR) is 103 cm³/mol. The number of carbonyl (C=O) groups excluding carboxylic acids is 2. The molecule has 2 aromatic rings. The third kappa shape index (κ3) is 4.65. The van der Waals surface area contributed by atoms with Crippen molar-refractivity contribution in [2.45, 2.75) is 25.8 Å². The normalized spacial score (nSPS) is 12.8. The Hall–Kier alpha value is -2.96. The third-order valence-corrected chi connectivity index (χ3v) is 5.49. The third-order valence-electron chi connectivity index (χ3n) is 4.36. The van der Waals surface area contributed by atoms with Crippen LogP contribution < -0.4 is 5.32 Å². The molecule has 3 rings (SSSR count). The minimum atomic E-state index is -0.492. The summed E-state index contributed by atoms with van der Waals surface area (Å²) in [7, 11) is 0. The molecule has 0 aromatic carbocycles. The van der Waals surface area contributed by atoms with Crippen LogP contribution in [0.25, 0.3) is 0 Å². The van der Waals surface area contributed by atoms with E-state index in [9.17, 15) is 14.9 Å². The number of aliphatic hydroxyl groups excluding tert-OH is 1. The highest BCUT2D eigenvalue weighted by molar-refractivity contribution is 7.16. The van der Waals surface area contributed by atoms with Crippen LogP contribution >= 0.6 is 11.3 Å². The van der Waals surface area contributed by atoms with Gasteiger partial charge in [-0.2, -0.15) is 5.26 Å². The largest absolute Gasteiger partial charge is 0.447 e. The number of nitrogens with zero attached hydrogens (tertiary/aromatic N) is 3. The molecule has 3 heterocycles. The molecule has 0 atom stereocenters. The average Bonchev–Trinajstić information content (AvgIpc) is 3.07. The quantitative estimate of drug-likeness (QED) is 0.767. The number of thiophene rings is 1. The lowest BCUT2D eigenvalue weighted by molar-refractivity contribution is -0.116. The van der Waals surface area contributed by atoms with E-state index in [0.717, 1.165) is 16.0 Å². The number of amides is 2. The molecule has 0 bridgehead atoms. The van der Waals surface area contributed by atoms with Gasteiger partial charge in [0.15, 0.2) is 0 Å². The lowest BCUT2D eigenvalue weighted by Gasteiger charge is -2.26. The van der Waals surface area contributed by atoms with E-state index in [1.54, 1.807) is 12.4 Å². The first-order valence-electron chi connectivity index (χ1n) is 8.88. The Morgan fingerprint density at radius 1 is 1.46 bits per heavy atom. The number of aliphatic hydroxyl groups is 1. The van der Waals surface area contributed by atoms with Crippen LogP contribution in [0, 0.1) is 11.3 Å². The van der Waals surface area contributed by atoms with E-state index in [4.69, 9.17) is 9.84 Å². The van der Waals surface area contributed by atoms with Gasteiger partial charge >= 0.3 is 6.09 Å².